The lowest BCUT2D eigenvalue weighted by atomic mass is 10.2. The Morgan fingerprint density at radius 1 is 1.07 bits per heavy atom. The fourth-order valence-electron chi connectivity index (χ4n) is 3.14. The zero-order chi connectivity index (χ0) is 20.8. The number of nitrogens with one attached hydrogen (secondary N) is 2. The Morgan fingerprint density at radius 2 is 1.79 bits per heavy atom. The van der Waals surface area contributed by atoms with Crippen molar-refractivity contribution in [1.29, 1.82) is 0 Å². The van der Waals surface area contributed by atoms with Crippen LogP contribution in [0, 0.1) is 0 Å². The third-order valence-corrected chi connectivity index (χ3v) is 4.52. The molecule has 1 aromatic heterocycles. The van der Waals surface area contributed by atoms with Crippen molar-refractivity contribution >= 4 is 28.5 Å². The summed E-state index contributed by atoms with van der Waals surface area (Å²) >= 11 is 0. The Labute approximate surface area is 170 Å². The molecule has 0 saturated heterocycles. The molecule has 0 radical (unpaired) electrons. The number of rotatable bonds is 8. The average molecular weight is 394 g/mol. The first-order chi connectivity index (χ1) is 14.0. The highest BCUT2D eigenvalue weighted by Crippen LogP contribution is 2.21. The van der Waals surface area contributed by atoms with Crippen LogP contribution < -0.4 is 15.4 Å². The SMILES string of the molecule is CCOc1ccc(NC(=O)Cn2c(C(C)NC(=O)CC)nc3ccccc32)cc1. The molecule has 0 aliphatic heterocycles. The maximum atomic E-state index is 12.7. The van der Waals surface area contributed by atoms with Crippen LogP contribution in [0.3, 0.4) is 0 Å². The standard InChI is InChI=1S/C22H26N4O3/c1-4-20(27)23-15(3)22-25-18-8-6-7-9-19(18)26(22)14-21(28)24-16-10-12-17(13-11-16)29-5-2/h6-13,15H,4-5,14H2,1-3H3,(H,23,27)(H,24,28). The van der Waals surface area contributed by atoms with Gasteiger partial charge in [0.2, 0.25) is 11.8 Å². The number of carbonyl (C=O) groups is 2. The van der Waals surface area contributed by atoms with Crippen molar-refractivity contribution in [3.05, 3.63) is 54.4 Å². The topological polar surface area (TPSA) is 85.2 Å². The van der Waals surface area contributed by atoms with Gasteiger partial charge < -0.3 is 19.9 Å². The van der Waals surface area contributed by atoms with Crippen molar-refractivity contribution in [2.24, 2.45) is 0 Å². The number of amides is 2. The molecule has 2 N–H and O–H groups in total. The molecule has 0 spiro atoms. The van der Waals surface area contributed by atoms with Crippen LogP contribution in [0.15, 0.2) is 48.5 Å². The zero-order valence-corrected chi connectivity index (χ0v) is 16.9. The zero-order valence-electron chi connectivity index (χ0n) is 16.9. The lowest BCUT2D eigenvalue weighted by molar-refractivity contribution is -0.121. The maximum absolute atomic E-state index is 12.7. The van der Waals surface area contributed by atoms with E-state index in [9.17, 15) is 9.59 Å². The summed E-state index contributed by atoms with van der Waals surface area (Å²) < 4.78 is 7.27. The van der Waals surface area contributed by atoms with E-state index in [0.29, 0.717) is 24.5 Å². The Balaban J connectivity index is 1.81. The third-order valence-electron chi connectivity index (χ3n) is 4.52. The van der Waals surface area contributed by atoms with E-state index < -0.39 is 0 Å². The fourth-order valence-corrected chi connectivity index (χ4v) is 3.14. The quantitative estimate of drug-likeness (QED) is 0.611. The first kappa shape index (κ1) is 20.4. The van der Waals surface area contributed by atoms with Crippen LogP contribution in [-0.4, -0.2) is 28.0 Å². The number of carbonyl (C=O) groups excluding carboxylic acids is 2. The predicted octanol–water partition coefficient (Wildman–Crippen LogP) is 3.66. The van der Waals surface area contributed by atoms with Crippen molar-refractivity contribution in [2.75, 3.05) is 11.9 Å². The van der Waals surface area contributed by atoms with Crippen LogP contribution in [0.1, 0.15) is 39.1 Å². The van der Waals surface area contributed by atoms with E-state index in [1.165, 1.54) is 0 Å². The molecule has 152 valence electrons. The van der Waals surface area contributed by atoms with Gasteiger partial charge in [-0.25, -0.2) is 4.98 Å². The molecule has 0 aliphatic rings. The molecule has 1 heterocycles. The number of hydrogen-bond acceptors (Lipinski definition) is 4. The lowest BCUT2D eigenvalue weighted by Gasteiger charge is -2.16. The third kappa shape index (κ3) is 4.93. The van der Waals surface area contributed by atoms with Gasteiger partial charge in [0.05, 0.1) is 23.7 Å². The molecular formula is C22H26N4O3. The van der Waals surface area contributed by atoms with E-state index in [2.05, 4.69) is 15.6 Å². The minimum atomic E-state index is -0.312. The van der Waals surface area contributed by atoms with Gasteiger partial charge in [0.15, 0.2) is 0 Å². The van der Waals surface area contributed by atoms with Crippen LogP contribution in [0.25, 0.3) is 11.0 Å². The first-order valence-electron chi connectivity index (χ1n) is 9.79. The fraction of sp³-hybridized carbons (Fsp3) is 0.318. The summed E-state index contributed by atoms with van der Waals surface area (Å²) in [5.41, 5.74) is 2.33. The van der Waals surface area contributed by atoms with Crippen LogP contribution in [-0.2, 0) is 16.1 Å². The van der Waals surface area contributed by atoms with Crippen molar-refractivity contribution in [1.82, 2.24) is 14.9 Å². The summed E-state index contributed by atoms with van der Waals surface area (Å²) in [6.07, 6.45) is 0.392. The summed E-state index contributed by atoms with van der Waals surface area (Å²) in [5, 5.41) is 5.82. The van der Waals surface area contributed by atoms with Crippen LogP contribution in [0.5, 0.6) is 5.75 Å². The van der Waals surface area contributed by atoms with Gasteiger partial charge in [-0.05, 0) is 50.2 Å². The number of hydrogen-bond donors (Lipinski definition) is 2. The maximum Gasteiger partial charge on any atom is 0.244 e. The molecule has 1 atom stereocenters. The minimum absolute atomic E-state index is 0.0602. The highest BCUT2D eigenvalue weighted by molar-refractivity contribution is 5.91. The summed E-state index contributed by atoms with van der Waals surface area (Å²) in [7, 11) is 0. The average Bonchev–Trinajstić information content (AvgIpc) is 3.08. The molecule has 2 aromatic carbocycles. The first-order valence-corrected chi connectivity index (χ1v) is 9.79. The molecule has 0 saturated carbocycles. The van der Waals surface area contributed by atoms with Crippen molar-refractivity contribution in [3.63, 3.8) is 0 Å². The van der Waals surface area contributed by atoms with Gasteiger partial charge in [0.1, 0.15) is 18.1 Å². The summed E-state index contributed by atoms with van der Waals surface area (Å²) in [5.74, 6) is 1.17. The second kappa shape index (κ2) is 9.23. The van der Waals surface area contributed by atoms with Gasteiger partial charge in [-0.15, -0.1) is 0 Å². The van der Waals surface area contributed by atoms with Crippen LogP contribution >= 0.6 is 0 Å². The largest absolute Gasteiger partial charge is 0.494 e. The smallest absolute Gasteiger partial charge is 0.244 e. The van der Waals surface area contributed by atoms with Gasteiger partial charge in [-0.1, -0.05) is 19.1 Å². The molecule has 3 aromatic rings. The van der Waals surface area contributed by atoms with Crippen LogP contribution in [0.4, 0.5) is 5.69 Å². The van der Waals surface area contributed by atoms with Crippen molar-refractivity contribution in [2.45, 2.75) is 39.8 Å². The van der Waals surface area contributed by atoms with E-state index in [1.807, 2.05) is 54.8 Å². The Hall–Kier alpha value is -3.35. The molecule has 0 aliphatic carbocycles. The van der Waals surface area contributed by atoms with E-state index in [1.54, 1.807) is 19.1 Å². The molecule has 29 heavy (non-hydrogen) atoms. The summed E-state index contributed by atoms with van der Waals surface area (Å²) in [4.78, 5) is 29.2. The predicted molar refractivity (Wildman–Crippen MR) is 113 cm³/mol. The van der Waals surface area contributed by atoms with Crippen molar-refractivity contribution in [3.8, 4) is 5.75 Å². The lowest BCUT2D eigenvalue weighted by Crippen LogP contribution is -2.29. The monoisotopic (exact) mass is 394 g/mol. The number of benzene rings is 2. The highest BCUT2D eigenvalue weighted by atomic mass is 16.5. The Bertz CT molecular complexity index is 995. The molecule has 1 unspecified atom stereocenters. The Morgan fingerprint density at radius 3 is 2.48 bits per heavy atom. The number of para-hydroxylation sites is 2. The number of imidazole rings is 1. The van der Waals surface area contributed by atoms with Crippen LogP contribution in [0.2, 0.25) is 0 Å². The van der Waals surface area contributed by atoms with Gasteiger partial charge in [0.25, 0.3) is 0 Å². The molecule has 7 heteroatoms. The summed E-state index contributed by atoms with van der Waals surface area (Å²) in [6, 6.07) is 14.6. The van der Waals surface area contributed by atoms with Gasteiger partial charge in [0, 0.05) is 12.1 Å². The minimum Gasteiger partial charge on any atom is -0.494 e. The molecule has 0 bridgehead atoms. The molecule has 2 amide bonds. The highest BCUT2D eigenvalue weighted by Gasteiger charge is 2.19. The molecular weight excluding hydrogens is 368 g/mol. The molecule has 0 fully saturated rings. The van der Waals surface area contributed by atoms with Gasteiger partial charge in [-0.3, -0.25) is 9.59 Å². The normalized spacial score (nSPS) is 11.8. The number of ether oxygens (including phenoxy) is 1. The summed E-state index contributed by atoms with van der Waals surface area (Å²) in [6.45, 7) is 6.28. The second-order valence-electron chi connectivity index (χ2n) is 6.69. The molecule has 3 rings (SSSR count). The van der Waals surface area contributed by atoms with Crippen molar-refractivity contribution < 1.29 is 14.3 Å². The number of nitrogens with zero attached hydrogens (tertiary/aromatic N) is 2. The van der Waals surface area contributed by atoms with E-state index >= 15 is 0 Å². The van der Waals surface area contributed by atoms with Gasteiger partial charge in [-0.2, -0.15) is 0 Å². The van der Waals surface area contributed by atoms with E-state index in [4.69, 9.17) is 4.74 Å². The number of anilines is 1. The number of fused-ring (bicyclic) bond motifs is 1. The van der Waals surface area contributed by atoms with E-state index in [0.717, 1.165) is 16.8 Å². The molecule has 7 nitrogen and oxygen atoms in total. The van der Waals surface area contributed by atoms with E-state index in [-0.39, 0.29) is 24.4 Å². The second-order valence-corrected chi connectivity index (χ2v) is 6.69. The Kier molecular flexibility index (Phi) is 6.49. The van der Waals surface area contributed by atoms with Gasteiger partial charge >= 0.3 is 0 Å². The number of aromatic nitrogens is 2.